The number of nitrogens with one attached hydrogen (secondary N) is 1. The van der Waals surface area contributed by atoms with Crippen LogP contribution in [0, 0.1) is 0 Å². The van der Waals surface area contributed by atoms with Gasteiger partial charge in [0.15, 0.2) is 0 Å². The van der Waals surface area contributed by atoms with Gasteiger partial charge < -0.3 is 4.72 Å². The van der Waals surface area contributed by atoms with E-state index in [4.69, 9.17) is 11.6 Å². The maximum atomic E-state index is 12.4. The van der Waals surface area contributed by atoms with Gasteiger partial charge in [-0.25, -0.2) is 0 Å². The summed E-state index contributed by atoms with van der Waals surface area (Å²) in [6, 6.07) is 2.26. The third kappa shape index (κ3) is 2.49. The van der Waals surface area contributed by atoms with Gasteiger partial charge in [0.25, 0.3) is 0 Å². The van der Waals surface area contributed by atoms with Gasteiger partial charge >= 0.3 is 6.18 Å². The summed E-state index contributed by atoms with van der Waals surface area (Å²) in [5.41, 5.74) is -0.643. The van der Waals surface area contributed by atoms with E-state index in [9.17, 15) is 13.2 Å². The van der Waals surface area contributed by atoms with Crippen molar-refractivity contribution in [1.82, 2.24) is 0 Å². The van der Waals surface area contributed by atoms with Crippen molar-refractivity contribution in [1.29, 1.82) is 0 Å². The average Bonchev–Trinajstić information content (AvgIpc) is 2.07. The number of rotatable bonds is 1. The highest BCUT2D eigenvalue weighted by molar-refractivity contribution is 9.10. The van der Waals surface area contributed by atoms with E-state index in [0.717, 1.165) is 6.07 Å². The molecule has 0 aromatic heterocycles. The van der Waals surface area contributed by atoms with Crippen molar-refractivity contribution in [3.8, 4) is 0 Å². The van der Waals surface area contributed by atoms with Crippen molar-refractivity contribution in [2.24, 2.45) is 0 Å². The molecule has 0 saturated heterocycles. The van der Waals surface area contributed by atoms with Gasteiger partial charge in [-0.1, -0.05) is 24.4 Å². The SMILES string of the molecule is FC(F)(F)c1cc(NS)cc(Cl)c1Br. The smallest absolute Gasteiger partial charge is 0.332 e. The van der Waals surface area contributed by atoms with E-state index in [0.29, 0.717) is 0 Å². The van der Waals surface area contributed by atoms with E-state index in [1.165, 1.54) is 6.07 Å². The van der Waals surface area contributed by atoms with Crippen molar-refractivity contribution >= 4 is 46.0 Å². The second kappa shape index (κ2) is 4.20. The van der Waals surface area contributed by atoms with Crippen LogP contribution in [-0.2, 0) is 6.18 Å². The van der Waals surface area contributed by atoms with Gasteiger partial charge in [-0.3, -0.25) is 0 Å². The van der Waals surface area contributed by atoms with Gasteiger partial charge in [-0.2, -0.15) is 13.2 Å². The topological polar surface area (TPSA) is 12.0 Å². The predicted octanol–water partition coefficient (Wildman–Crippen LogP) is 4.38. The lowest BCUT2D eigenvalue weighted by Gasteiger charge is -2.12. The zero-order valence-corrected chi connectivity index (χ0v) is 9.73. The molecule has 0 radical (unpaired) electrons. The highest BCUT2D eigenvalue weighted by Crippen LogP contribution is 2.40. The van der Waals surface area contributed by atoms with E-state index < -0.39 is 11.7 Å². The molecule has 1 rings (SSSR count). The molecular formula is C7H4BrClF3NS. The van der Waals surface area contributed by atoms with Crippen LogP contribution in [-0.4, -0.2) is 0 Å². The van der Waals surface area contributed by atoms with Crippen LogP contribution in [0.25, 0.3) is 0 Å². The Labute approximate surface area is 97.3 Å². The maximum absolute atomic E-state index is 12.4. The van der Waals surface area contributed by atoms with Crippen molar-refractivity contribution in [2.45, 2.75) is 6.18 Å². The van der Waals surface area contributed by atoms with Crippen LogP contribution >= 0.6 is 40.3 Å². The molecule has 0 fully saturated rings. The normalized spacial score (nSPS) is 11.6. The third-order valence-electron chi connectivity index (χ3n) is 1.46. The average molecular weight is 307 g/mol. The Kier molecular flexibility index (Phi) is 3.60. The molecule has 0 saturated carbocycles. The molecule has 0 unspecified atom stereocenters. The molecule has 7 heteroatoms. The van der Waals surface area contributed by atoms with E-state index in [-0.39, 0.29) is 15.2 Å². The van der Waals surface area contributed by atoms with Crippen LogP contribution < -0.4 is 4.72 Å². The molecule has 0 spiro atoms. The summed E-state index contributed by atoms with van der Waals surface area (Å²) in [5, 5.41) is -0.0172. The Bertz CT molecular complexity index is 356. The standard InChI is InChI=1S/C7H4BrClF3NS/c8-6-4(7(10,11)12)1-3(13-14)2-5(6)9/h1-2,13-14H. The fourth-order valence-corrected chi connectivity index (χ4v) is 1.66. The van der Waals surface area contributed by atoms with E-state index in [2.05, 4.69) is 33.5 Å². The lowest BCUT2D eigenvalue weighted by atomic mass is 10.2. The molecule has 1 N–H and O–H groups in total. The van der Waals surface area contributed by atoms with Crippen molar-refractivity contribution in [3.63, 3.8) is 0 Å². The van der Waals surface area contributed by atoms with Gasteiger partial charge in [0.05, 0.1) is 10.6 Å². The molecule has 0 aliphatic heterocycles. The van der Waals surface area contributed by atoms with E-state index in [1.54, 1.807) is 0 Å². The molecule has 0 amide bonds. The van der Waals surface area contributed by atoms with Gasteiger partial charge in [-0.15, -0.1) is 0 Å². The molecule has 0 heterocycles. The van der Waals surface area contributed by atoms with Crippen LogP contribution in [0.2, 0.25) is 5.02 Å². The number of benzene rings is 1. The molecule has 78 valence electrons. The number of thiol groups is 1. The summed E-state index contributed by atoms with van der Waals surface area (Å²) in [7, 11) is 0. The van der Waals surface area contributed by atoms with Crippen LogP contribution in [0.3, 0.4) is 0 Å². The predicted molar refractivity (Wildman–Crippen MR) is 56.8 cm³/mol. The van der Waals surface area contributed by atoms with Crippen LogP contribution in [0.4, 0.5) is 18.9 Å². The number of hydrogen-bond donors (Lipinski definition) is 2. The zero-order valence-electron chi connectivity index (χ0n) is 6.49. The third-order valence-corrected chi connectivity index (χ3v) is 3.10. The number of halogens is 5. The Morgan fingerprint density at radius 3 is 2.36 bits per heavy atom. The Hall–Kier alpha value is -0.0700. The minimum Gasteiger partial charge on any atom is -0.332 e. The molecule has 0 aliphatic carbocycles. The minimum atomic E-state index is -4.44. The van der Waals surface area contributed by atoms with Gasteiger partial charge in [0.2, 0.25) is 0 Å². The molecule has 0 bridgehead atoms. The lowest BCUT2D eigenvalue weighted by Crippen LogP contribution is -2.06. The molecule has 1 aromatic rings. The summed E-state index contributed by atoms with van der Waals surface area (Å²) < 4.78 is 39.3. The highest BCUT2D eigenvalue weighted by atomic mass is 79.9. The van der Waals surface area contributed by atoms with Gasteiger partial charge in [0.1, 0.15) is 0 Å². The molecular weight excluding hydrogens is 303 g/mol. The fraction of sp³-hybridized carbons (Fsp3) is 0.143. The minimum absolute atomic E-state index is 0.0172. The first kappa shape index (κ1) is 12.0. The molecule has 1 nitrogen and oxygen atoms in total. The number of hydrogen-bond acceptors (Lipinski definition) is 2. The summed E-state index contributed by atoms with van der Waals surface area (Å²) in [6.45, 7) is 0. The molecule has 1 aromatic carbocycles. The van der Waals surface area contributed by atoms with E-state index in [1.807, 2.05) is 0 Å². The fourth-order valence-electron chi connectivity index (χ4n) is 0.860. The maximum Gasteiger partial charge on any atom is 0.417 e. The van der Waals surface area contributed by atoms with Gasteiger partial charge in [-0.05, 0) is 28.1 Å². The monoisotopic (exact) mass is 305 g/mol. The second-order valence-electron chi connectivity index (χ2n) is 2.43. The van der Waals surface area contributed by atoms with E-state index >= 15 is 0 Å². The first-order chi connectivity index (χ1) is 6.36. The molecule has 14 heavy (non-hydrogen) atoms. The lowest BCUT2D eigenvalue weighted by molar-refractivity contribution is -0.138. The van der Waals surface area contributed by atoms with Crippen molar-refractivity contribution < 1.29 is 13.2 Å². The quantitative estimate of drug-likeness (QED) is 0.734. The van der Waals surface area contributed by atoms with Crippen LogP contribution in [0.15, 0.2) is 16.6 Å². The Balaban J connectivity index is 3.35. The number of alkyl halides is 3. The summed E-state index contributed by atoms with van der Waals surface area (Å²) >= 11 is 12.0. The number of anilines is 1. The Morgan fingerprint density at radius 1 is 1.36 bits per heavy atom. The van der Waals surface area contributed by atoms with Crippen LogP contribution in [0.5, 0.6) is 0 Å². The van der Waals surface area contributed by atoms with Crippen molar-refractivity contribution in [2.75, 3.05) is 4.72 Å². The molecule has 0 atom stereocenters. The first-order valence-electron chi connectivity index (χ1n) is 3.32. The van der Waals surface area contributed by atoms with Crippen LogP contribution in [0.1, 0.15) is 5.56 Å². The molecule has 0 aliphatic rings. The largest absolute Gasteiger partial charge is 0.417 e. The zero-order chi connectivity index (χ0) is 10.9. The second-order valence-corrected chi connectivity index (χ2v) is 3.85. The first-order valence-corrected chi connectivity index (χ1v) is 4.94. The highest BCUT2D eigenvalue weighted by Gasteiger charge is 2.34. The summed E-state index contributed by atoms with van der Waals surface area (Å²) in [4.78, 5) is 0. The Morgan fingerprint density at radius 2 is 1.93 bits per heavy atom. The summed E-state index contributed by atoms with van der Waals surface area (Å²) in [5.74, 6) is 0. The van der Waals surface area contributed by atoms with Crippen molar-refractivity contribution in [3.05, 3.63) is 27.2 Å². The van der Waals surface area contributed by atoms with Gasteiger partial charge in [0, 0.05) is 10.2 Å². The summed E-state index contributed by atoms with van der Waals surface area (Å²) in [6.07, 6.45) is -4.44.